The standard InChI is InChI=1S/C15H15Cl3O6/c1-2-22-13(20)14(24-15(18)21)23-12(19)5-3-4-9-6-7-10(16)8-11(9)17/h6-8,14H,2-5H2,1H3. The van der Waals surface area contributed by atoms with E-state index in [1.807, 2.05) is 0 Å². The highest BCUT2D eigenvalue weighted by Gasteiger charge is 2.27. The van der Waals surface area contributed by atoms with Gasteiger partial charge in [0.05, 0.1) is 6.61 Å². The number of aryl methyl sites for hydroxylation is 1. The summed E-state index contributed by atoms with van der Waals surface area (Å²) < 4.78 is 13.8. The number of esters is 2. The summed E-state index contributed by atoms with van der Waals surface area (Å²) in [5, 5.41) is 1.01. The molecule has 132 valence electrons. The Morgan fingerprint density at radius 1 is 1.17 bits per heavy atom. The number of rotatable bonds is 8. The molecule has 1 aromatic rings. The summed E-state index contributed by atoms with van der Waals surface area (Å²) in [4.78, 5) is 34.0. The SMILES string of the molecule is CCOC(=O)C(OC(=O)Cl)OC(=O)CCCc1ccc(Cl)cc1Cl. The van der Waals surface area contributed by atoms with Crippen LogP contribution in [-0.2, 0) is 30.2 Å². The first kappa shape index (κ1) is 20.5. The fourth-order valence-electron chi connectivity index (χ4n) is 1.74. The molecule has 0 aliphatic heterocycles. The van der Waals surface area contributed by atoms with Gasteiger partial charge in [-0.2, -0.15) is 0 Å². The Balaban J connectivity index is 2.50. The van der Waals surface area contributed by atoms with Crippen molar-refractivity contribution in [2.75, 3.05) is 6.61 Å². The van der Waals surface area contributed by atoms with Gasteiger partial charge in [-0.05, 0) is 37.5 Å². The molecule has 0 radical (unpaired) electrons. The number of hydrogen-bond donors (Lipinski definition) is 0. The van der Waals surface area contributed by atoms with Gasteiger partial charge in [-0.1, -0.05) is 29.3 Å². The Bertz CT molecular complexity index is 605. The third kappa shape index (κ3) is 7.38. The van der Waals surface area contributed by atoms with Crippen LogP contribution in [0, 0.1) is 0 Å². The van der Waals surface area contributed by atoms with Crippen LogP contribution in [0.2, 0.25) is 10.0 Å². The Kier molecular flexibility index (Phi) is 8.89. The molecular weight excluding hydrogens is 383 g/mol. The lowest BCUT2D eigenvalue weighted by atomic mass is 10.1. The minimum absolute atomic E-state index is 0.0192. The van der Waals surface area contributed by atoms with Gasteiger partial charge >= 0.3 is 23.7 Å². The molecule has 0 spiro atoms. The summed E-state index contributed by atoms with van der Waals surface area (Å²) in [5.41, 5.74) is -0.461. The van der Waals surface area contributed by atoms with E-state index in [1.54, 1.807) is 25.1 Å². The number of halogens is 3. The maximum absolute atomic E-state index is 11.8. The zero-order valence-electron chi connectivity index (χ0n) is 12.7. The van der Waals surface area contributed by atoms with E-state index < -0.39 is 23.7 Å². The molecule has 0 N–H and O–H groups in total. The molecule has 0 bridgehead atoms. The van der Waals surface area contributed by atoms with E-state index in [2.05, 4.69) is 9.47 Å². The number of carbonyl (C=O) groups excluding carboxylic acids is 3. The van der Waals surface area contributed by atoms with E-state index in [4.69, 9.17) is 39.5 Å². The lowest BCUT2D eigenvalue weighted by Gasteiger charge is -2.15. The lowest BCUT2D eigenvalue weighted by molar-refractivity contribution is -0.189. The number of carbonyl (C=O) groups is 3. The summed E-state index contributed by atoms with van der Waals surface area (Å²) >= 11 is 16.9. The Morgan fingerprint density at radius 2 is 1.88 bits per heavy atom. The number of ether oxygens (including phenoxy) is 3. The van der Waals surface area contributed by atoms with Gasteiger partial charge in [0, 0.05) is 28.1 Å². The molecule has 1 aromatic carbocycles. The highest BCUT2D eigenvalue weighted by atomic mass is 35.5. The highest BCUT2D eigenvalue weighted by molar-refractivity contribution is 6.61. The minimum atomic E-state index is -1.82. The molecule has 1 atom stereocenters. The Labute approximate surface area is 153 Å². The molecule has 0 saturated heterocycles. The first-order valence-corrected chi connectivity index (χ1v) is 8.13. The van der Waals surface area contributed by atoms with Crippen LogP contribution >= 0.6 is 34.8 Å². The van der Waals surface area contributed by atoms with Crippen molar-refractivity contribution in [2.45, 2.75) is 32.5 Å². The van der Waals surface area contributed by atoms with Crippen LogP contribution in [-0.4, -0.2) is 30.3 Å². The molecule has 6 nitrogen and oxygen atoms in total. The average Bonchev–Trinajstić information content (AvgIpc) is 2.48. The van der Waals surface area contributed by atoms with Gasteiger partial charge < -0.3 is 14.2 Å². The van der Waals surface area contributed by atoms with Crippen molar-refractivity contribution < 1.29 is 28.6 Å². The van der Waals surface area contributed by atoms with Crippen LogP contribution in [0.3, 0.4) is 0 Å². The van der Waals surface area contributed by atoms with Crippen molar-refractivity contribution in [1.29, 1.82) is 0 Å². The van der Waals surface area contributed by atoms with Crippen molar-refractivity contribution in [1.82, 2.24) is 0 Å². The second-order valence-corrected chi connectivity index (χ2v) is 5.67. The molecule has 24 heavy (non-hydrogen) atoms. The van der Waals surface area contributed by atoms with E-state index in [-0.39, 0.29) is 13.0 Å². The molecule has 0 fully saturated rings. The zero-order chi connectivity index (χ0) is 18.1. The summed E-state index contributed by atoms with van der Waals surface area (Å²) in [6.07, 6.45) is -0.925. The van der Waals surface area contributed by atoms with Gasteiger partial charge in [0.2, 0.25) is 0 Å². The van der Waals surface area contributed by atoms with Crippen LogP contribution in [0.1, 0.15) is 25.3 Å². The average molecular weight is 398 g/mol. The van der Waals surface area contributed by atoms with Crippen molar-refractivity contribution in [3.05, 3.63) is 33.8 Å². The number of hydrogen-bond acceptors (Lipinski definition) is 6. The molecule has 1 rings (SSSR count). The molecule has 0 aliphatic rings. The maximum atomic E-state index is 11.8. The van der Waals surface area contributed by atoms with Crippen LogP contribution in [0.4, 0.5) is 4.79 Å². The minimum Gasteiger partial charge on any atom is -0.460 e. The predicted octanol–water partition coefficient (Wildman–Crippen LogP) is 4.12. The second-order valence-electron chi connectivity index (χ2n) is 4.52. The van der Waals surface area contributed by atoms with Crippen molar-refractivity contribution in [2.24, 2.45) is 0 Å². The van der Waals surface area contributed by atoms with Crippen LogP contribution < -0.4 is 0 Å². The summed E-state index contributed by atoms with van der Waals surface area (Å²) in [6, 6.07) is 5.05. The van der Waals surface area contributed by atoms with Gasteiger partial charge in [0.1, 0.15) is 0 Å². The first-order chi connectivity index (χ1) is 11.3. The first-order valence-electron chi connectivity index (χ1n) is 6.99. The molecule has 1 unspecified atom stereocenters. The maximum Gasteiger partial charge on any atom is 0.407 e. The summed E-state index contributed by atoms with van der Waals surface area (Å²) in [6.45, 7) is 1.58. The normalized spacial score (nSPS) is 11.5. The number of benzene rings is 1. The second kappa shape index (κ2) is 10.4. The monoisotopic (exact) mass is 396 g/mol. The topological polar surface area (TPSA) is 78.9 Å². The van der Waals surface area contributed by atoms with Crippen molar-refractivity contribution in [3.8, 4) is 0 Å². The van der Waals surface area contributed by atoms with Crippen LogP contribution in [0.15, 0.2) is 18.2 Å². The van der Waals surface area contributed by atoms with Crippen molar-refractivity contribution in [3.63, 3.8) is 0 Å². The van der Waals surface area contributed by atoms with E-state index in [9.17, 15) is 14.4 Å². The Morgan fingerprint density at radius 3 is 2.46 bits per heavy atom. The van der Waals surface area contributed by atoms with Gasteiger partial charge in [-0.15, -0.1) is 0 Å². The Hall–Kier alpha value is -1.50. The summed E-state index contributed by atoms with van der Waals surface area (Å²) in [7, 11) is 0. The molecular formula is C15H15Cl3O6. The molecule has 9 heteroatoms. The van der Waals surface area contributed by atoms with Crippen LogP contribution in [0.5, 0.6) is 0 Å². The van der Waals surface area contributed by atoms with E-state index in [1.165, 1.54) is 0 Å². The zero-order valence-corrected chi connectivity index (χ0v) is 15.0. The van der Waals surface area contributed by atoms with Gasteiger partial charge in [0.25, 0.3) is 0 Å². The van der Waals surface area contributed by atoms with E-state index in [0.717, 1.165) is 5.56 Å². The third-order valence-electron chi connectivity index (χ3n) is 2.76. The molecule has 0 heterocycles. The third-order valence-corrected chi connectivity index (χ3v) is 3.44. The van der Waals surface area contributed by atoms with Gasteiger partial charge in [0.15, 0.2) is 0 Å². The van der Waals surface area contributed by atoms with E-state index >= 15 is 0 Å². The van der Waals surface area contributed by atoms with E-state index in [0.29, 0.717) is 22.9 Å². The molecule has 0 saturated carbocycles. The predicted molar refractivity (Wildman–Crippen MR) is 88.2 cm³/mol. The smallest absolute Gasteiger partial charge is 0.407 e. The van der Waals surface area contributed by atoms with Crippen molar-refractivity contribution >= 4 is 52.2 Å². The fourth-order valence-corrected chi connectivity index (χ4v) is 2.32. The quantitative estimate of drug-likeness (QED) is 0.373. The summed E-state index contributed by atoms with van der Waals surface area (Å²) in [5.74, 6) is -1.75. The highest BCUT2D eigenvalue weighted by Crippen LogP contribution is 2.22. The molecule has 0 aromatic heterocycles. The van der Waals surface area contributed by atoms with Crippen LogP contribution in [0.25, 0.3) is 0 Å². The fraction of sp³-hybridized carbons (Fsp3) is 0.400. The largest absolute Gasteiger partial charge is 0.460 e. The van der Waals surface area contributed by atoms with Gasteiger partial charge in [-0.3, -0.25) is 4.79 Å². The lowest BCUT2D eigenvalue weighted by Crippen LogP contribution is -2.32. The molecule has 0 aliphatic carbocycles. The van der Waals surface area contributed by atoms with Gasteiger partial charge in [-0.25, -0.2) is 9.59 Å². The molecule has 0 amide bonds.